The summed E-state index contributed by atoms with van der Waals surface area (Å²) < 4.78 is 3.60. The molecule has 5 nitrogen and oxygen atoms in total. The number of nitrogens with one attached hydrogen (secondary N) is 1. The van der Waals surface area contributed by atoms with Gasteiger partial charge < -0.3 is 5.32 Å². The second-order valence-corrected chi connectivity index (χ2v) is 3.64. The SMILES string of the molecule is Cc1nn(C)cc1NCc1ccn(C)n1. The lowest BCUT2D eigenvalue weighted by Crippen LogP contribution is -2.01. The third kappa shape index (κ3) is 2.18. The lowest BCUT2D eigenvalue weighted by atomic mass is 10.3. The van der Waals surface area contributed by atoms with E-state index in [4.69, 9.17) is 0 Å². The van der Waals surface area contributed by atoms with E-state index in [-0.39, 0.29) is 0 Å². The fraction of sp³-hybridized carbons (Fsp3) is 0.400. The van der Waals surface area contributed by atoms with Crippen LogP contribution in [0.25, 0.3) is 0 Å². The highest BCUT2D eigenvalue weighted by atomic mass is 15.3. The zero-order valence-corrected chi connectivity index (χ0v) is 9.23. The molecule has 0 aliphatic heterocycles. The molecule has 0 amide bonds. The van der Waals surface area contributed by atoms with Gasteiger partial charge in [-0.1, -0.05) is 0 Å². The smallest absolute Gasteiger partial charge is 0.0825 e. The molecule has 1 N–H and O–H groups in total. The fourth-order valence-electron chi connectivity index (χ4n) is 1.52. The van der Waals surface area contributed by atoms with Crippen LogP contribution in [0.2, 0.25) is 0 Å². The van der Waals surface area contributed by atoms with Crippen LogP contribution in [0.15, 0.2) is 18.5 Å². The number of rotatable bonds is 3. The van der Waals surface area contributed by atoms with Crippen molar-refractivity contribution in [2.75, 3.05) is 5.32 Å². The zero-order valence-electron chi connectivity index (χ0n) is 9.23. The third-order valence-electron chi connectivity index (χ3n) is 2.24. The predicted molar refractivity (Wildman–Crippen MR) is 58.5 cm³/mol. The Labute approximate surface area is 88.7 Å². The van der Waals surface area contributed by atoms with Gasteiger partial charge in [0.15, 0.2) is 0 Å². The van der Waals surface area contributed by atoms with Gasteiger partial charge in [0.2, 0.25) is 0 Å². The maximum absolute atomic E-state index is 4.29. The zero-order chi connectivity index (χ0) is 10.8. The summed E-state index contributed by atoms with van der Waals surface area (Å²) in [5, 5.41) is 11.9. The Kier molecular flexibility index (Phi) is 2.45. The Bertz CT molecular complexity index is 454. The molecule has 0 bridgehead atoms. The quantitative estimate of drug-likeness (QED) is 0.815. The maximum atomic E-state index is 4.29. The predicted octanol–water partition coefficient (Wildman–Crippen LogP) is 1.07. The molecule has 2 heterocycles. The molecule has 2 rings (SSSR count). The van der Waals surface area contributed by atoms with E-state index in [9.17, 15) is 0 Å². The number of anilines is 1. The minimum atomic E-state index is 0.730. The maximum Gasteiger partial charge on any atom is 0.0825 e. The van der Waals surface area contributed by atoms with Crippen molar-refractivity contribution in [3.05, 3.63) is 29.8 Å². The summed E-state index contributed by atoms with van der Waals surface area (Å²) in [6, 6.07) is 2.00. The van der Waals surface area contributed by atoms with Crippen molar-refractivity contribution < 1.29 is 0 Å². The lowest BCUT2D eigenvalue weighted by molar-refractivity contribution is 0.747. The van der Waals surface area contributed by atoms with Gasteiger partial charge in [0.1, 0.15) is 0 Å². The molecule has 0 unspecified atom stereocenters. The Hall–Kier alpha value is -1.78. The first-order chi connectivity index (χ1) is 7.15. The standard InChI is InChI=1S/C10H15N5/c1-8-10(7-15(3)12-8)11-6-9-4-5-14(2)13-9/h4-5,7,11H,6H2,1-3H3. The molecule has 5 heteroatoms. The van der Waals surface area contributed by atoms with E-state index in [0.29, 0.717) is 0 Å². The topological polar surface area (TPSA) is 47.7 Å². The van der Waals surface area contributed by atoms with Crippen molar-refractivity contribution in [2.45, 2.75) is 13.5 Å². The van der Waals surface area contributed by atoms with Gasteiger partial charge >= 0.3 is 0 Å². The number of hydrogen-bond donors (Lipinski definition) is 1. The molecular weight excluding hydrogens is 190 g/mol. The monoisotopic (exact) mass is 205 g/mol. The highest BCUT2D eigenvalue weighted by Gasteiger charge is 2.02. The summed E-state index contributed by atoms with van der Waals surface area (Å²) in [6.07, 6.45) is 3.91. The van der Waals surface area contributed by atoms with Crippen molar-refractivity contribution >= 4 is 5.69 Å². The molecule has 15 heavy (non-hydrogen) atoms. The molecule has 0 saturated carbocycles. The molecule has 0 aliphatic carbocycles. The second kappa shape index (κ2) is 3.76. The molecule has 80 valence electrons. The van der Waals surface area contributed by atoms with Crippen LogP contribution in [-0.2, 0) is 20.6 Å². The van der Waals surface area contributed by atoms with Crippen molar-refractivity contribution in [3.8, 4) is 0 Å². The molecule has 0 radical (unpaired) electrons. The molecule has 0 aromatic carbocycles. The van der Waals surface area contributed by atoms with Crippen LogP contribution in [-0.4, -0.2) is 19.6 Å². The average molecular weight is 205 g/mol. The average Bonchev–Trinajstić information content (AvgIpc) is 2.70. The van der Waals surface area contributed by atoms with Crippen LogP contribution in [0, 0.1) is 6.92 Å². The number of hydrogen-bond acceptors (Lipinski definition) is 3. The van der Waals surface area contributed by atoms with Gasteiger partial charge in [-0.15, -0.1) is 0 Å². The summed E-state index contributed by atoms with van der Waals surface area (Å²) in [7, 11) is 3.83. The molecule has 2 aromatic heterocycles. The molecular formula is C10H15N5. The highest BCUT2D eigenvalue weighted by Crippen LogP contribution is 2.12. The normalized spacial score (nSPS) is 10.6. The Morgan fingerprint density at radius 2 is 2.07 bits per heavy atom. The summed E-state index contributed by atoms with van der Waals surface area (Å²) >= 11 is 0. The van der Waals surface area contributed by atoms with E-state index in [1.54, 1.807) is 9.36 Å². The largest absolute Gasteiger partial charge is 0.377 e. The summed E-state index contributed by atoms with van der Waals surface area (Å²) in [4.78, 5) is 0. The lowest BCUT2D eigenvalue weighted by Gasteiger charge is -2.01. The highest BCUT2D eigenvalue weighted by molar-refractivity contribution is 5.45. The Balaban J connectivity index is 2.01. The van der Waals surface area contributed by atoms with E-state index in [0.717, 1.165) is 23.6 Å². The van der Waals surface area contributed by atoms with E-state index in [1.165, 1.54) is 0 Å². The molecule has 0 saturated heterocycles. The van der Waals surface area contributed by atoms with Gasteiger partial charge in [-0.05, 0) is 13.0 Å². The first kappa shape index (κ1) is 9.76. The Morgan fingerprint density at radius 1 is 1.27 bits per heavy atom. The van der Waals surface area contributed by atoms with E-state index in [1.807, 2.05) is 39.5 Å². The van der Waals surface area contributed by atoms with Crippen molar-refractivity contribution in [1.29, 1.82) is 0 Å². The van der Waals surface area contributed by atoms with Gasteiger partial charge in [-0.25, -0.2) is 0 Å². The number of aryl methyl sites for hydroxylation is 3. The third-order valence-corrected chi connectivity index (χ3v) is 2.24. The van der Waals surface area contributed by atoms with Crippen molar-refractivity contribution in [3.63, 3.8) is 0 Å². The summed E-state index contributed by atoms with van der Waals surface area (Å²) in [5.41, 5.74) is 3.09. The minimum Gasteiger partial charge on any atom is -0.377 e. The van der Waals surface area contributed by atoms with Gasteiger partial charge in [0.05, 0.1) is 23.6 Å². The fourth-order valence-corrected chi connectivity index (χ4v) is 1.52. The van der Waals surface area contributed by atoms with Crippen LogP contribution in [0.3, 0.4) is 0 Å². The van der Waals surface area contributed by atoms with Gasteiger partial charge in [-0.2, -0.15) is 10.2 Å². The van der Waals surface area contributed by atoms with Crippen molar-refractivity contribution in [2.24, 2.45) is 14.1 Å². The van der Waals surface area contributed by atoms with Gasteiger partial charge in [0, 0.05) is 26.5 Å². The van der Waals surface area contributed by atoms with Crippen LogP contribution >= 0.6 is 0 Å². The molecule has 2 aromatic rings. The van der Waals surface area contributed by atoms with E-state index < -0.39 is 0 Å². The molecule has 0 spiro atoms. The van der Waals surface area contributed by atoms with Crippen LogP contribution in [0.5, 0.6) is 0 Å². The molecule has 0 atom stereocenters. The molecule has 0 aliphatic rings. The number of aromatic nitrogens is 4. The summed E-state index contributed by atoms with van der Waals surface area (Å²) in [5.74, 6) is 0. The van der Waals surface area contributed by atoms with Crippen molar-refractivity contribution in [1.82, 2.24) is 19.6 Å². The second-order valence-electron chi connectivity index (χ2n) is 3.64. The van der Waals surface area contributed by atoms with Crippen LogP contribution in [0.4, 0.5) is 5.69 Å². The van der Waals surface area contributed by atoms with Gasteiger partial charge in [0.25, 0.3) is 0 Å². The van der Waals surface area contributed by atoms with E-state index in [2.05, 4.69) is 15.5 Å². The number of nitrogens with zero attached hydrogens (tertiary/aromatic N) is 4. The first-order valence-corrected chi connectivity index (χ1v) is 4.88. The minimum absolute atomic E-state index is 0.730. The molecule has 0 fully saturated rings. The van der Waals surface area contributed by atoms with Gasteiger partial charge in [-0.3, -0.25) is 9.36 Å². The first-order valence-electron chi connectivity index (χ1n) is 4.88. The van der Waals surface area contributed by atoms with Crippen LogP contribution < -0.4 is 5.32 Å². The van der Waals surface area contributed by atoms with Crippen LogP contribution in [0.1, 0.15) is 11.4 Å². The summed E-state index contributed by atoms with van der Waals surface area (Å²) in [6.45, 7) is 2.72. The Morgan fingerprint density at radius 3 is 2.60 bits per heavy atom. The van der Waals surface area contributed by atoms with E-state index >= 15 is 0 Å².